The van der Waals surface area contributed by atoms with Gasteiger partial charge in [0.05, 0.1) is 0 Å². The molecule has 1 atom stereocenters. The van der Waals surface area contributed by atoms with E-state index in [-0.39, 0.29) is 32.5 Å². The highest BCUT2D eigenvalue weighted by Gasteiger charge is 2.35. The van der Waals surface area contributed by atoms with Gasteiger partial charge in [-0.05, 0) is 66.4 Å². The Morgan fingerprint density at radius 2 is 0.745 bits per heavy atom. The topological polar surface area (TPSA) is 38.7 Å². The van der Waals surface area contributed by atoms with Crippen LogP contribution in [0.3, 0.4) is 0 Å². The van der Waals surface area contributed by atoms with Gasteiger partial charge in [0.15, 0.2) is 0 Å². The van der Waals surface area contributed by atoms with Gasteiger partial charge in [-0.1, -0.05) is 173 Å². The van der Waals surface area contributed by atoms with Crippen molar-refractivity contribution in [2.24, 2.45) is 0 Å². The van der Waals surface area contributed by atoms with Crippen LogP contribution in [0.5, 0.6) is 5.75 Å². The van der Waals surface area contributed by atoms with E-state index < -0.39 is 16.8 Å². The third-order valence-electron chi connectivity index (χ3n) is 8.76. The first-order valence-electron chi connectivity index (χ1n) is 17.1. The molecule has 0 saturated heterocycles. The summed E-state index contributed by atoms with van der Waals surface area (Å²) in [4.78, 5) is 11.8. The van der Waals surface area contributed by atoms with Crippen LogP contribution in [0, 0.1) is 0 Å². The quantitative estimate of drug-likeness (QED) is 0.264. The molecule has 1 unspecified atom stereocenters. The average Bonchev–Trinajstić information content (AvgIpc) is 2.88. The molecule has 3 nitrogen and oxygen atoms in total. The van der Waals surface area contributed by atoms with Crippen molar-refractivity contribution in [3.8, 4) is 5.75 Å². The van der Waals surface area contributed by atoms with E-state index in [2.05, 4.69) is 173 Å². The molecule has 3 aromatic rings. The standard InChI is InChI=1S/C42H64O3P2/c1-37(2,3)28-19-22-34(31(25-28)40(10,11)12)44-47(43)45-46(35-23-20-29(38(4,5)6)26-32(35)41(13,14)15)36-24-21-30(39(7,8)9)27-33(36)42(16,17)18/h19-27,43H,1-18H3. The molecule has 0 bridgehead atoms. The van der Waals surface area contributed by atoms with Crippen molar-refractivity contribution in [1.29, 1.82) is 0 Å². The highest BCUT2D eigenvalue weighted by Crippen LogP contribution is 2.54. The molecule has 0 aliphatic rings. The third-order valence-corrected chi connectivity index (χ3v) is 12.0. The van der Waals surface area contributed by atoms with Gasteiger partial charge in [-0.25, -0.2) is 0 Å². The second-order valence-corrected chi connectivity index (χ2v) is 22.2. The molecule has 0 aromatic heterocycles. The number of hydrogen-bond acceptors (Lipinski definition) is 3. The second-order valence-electron chi connectivity index (χ2n) is 19.4. The lowest BCUT2D eigenvalue weighted by atomic mass is 9.80. The lowest BCUT2D eigenvalue weighted by Crippen LogP contribution is -2.30. The molecule has 1 N–H and O–H groups in total. The van der Waals surface area contributed by atoms with Crippen LogP contribution in [-0.2, 0) is 36.8 Å². The fourth-order valence-electron chi connectivity index (χ4n) is 5.61. The SMILES string of the molecule is CC(C)(C)c1ccc(OP(O)OP(c2ccc(C(C)(C)C)cc2C(C)(C)C)c2ccc(C(C)(C)C)cc2C(C)(C)C)c(C(C)(C)C)c1. The van der Waals surface area contributed by atoms with E-state index in [0.29, 0.717) is 5.75 Å². The van der Waals surface area contributed by atoms with Gasteiger partial charge in [-0.2, -0.15) is 0 Å². The largest absolute Gasteiger partial charge is 0.426 e. The fraction of sp³-hybridized carbons (Fsp3) is 0.571. The monoisotopic (exact) mass is 678 g/mol. The molecule has 0 fully saturated rings. The molecule has 0 heterocycles. The maximum atomic E-state index is 11.8. The van der Waals surface area contributed by atoms with E-state index in [1.165, 1.54) is 27.8 Å². The summed E-state index contributed by atoms with van der Waals surface area (Å²) in [6.07, 6.45) is 0. The third kappa shape index (κ3) is 9.91. The van der Waals surface area contributed by atoms with Crippen LogP contribution < -0.4 is 15.1 Å². The van der Waals surface area contributed by atoms with Crippen LogP contribution in [0.1, 0.15) is 158 Å². The average molecular weight is 679 g/mol. The molecule has 0 radical (unpaired) electrons. The van der Waals surface area contributed by atoms with Gasteiger partial charge < -0.3 is 9.42 Å². The highest BCUT2D eigenvalue weighted by atomic mass is 31.2. The van der Waals surface area contributed by atoms with E-state index >= 15 is 0 Å². The first kappa shape index (κ1) is 39.7. The summed E-state index contributed by atoms with van der Waals surface area (Å²) in [5.74, 6) is 0.673. The molecule has 0 spiro atoms. The summed E-state index contributed by atoms with van der Waals surface area (Å²) in [7, 11) is -3.73. The number of rotatable bonds is 6. The lowest BCUT2D eigenvalue weighted by molar-refractivity contribution is 0.392. The summed E-state index contributed by atoms with van der Waals surface area (Å²) in [6.45, 7) is 40.4. The minimum Gasteiger partial charge on any atom is -0.426 e. The Kier molecular flexibility index (Phi) is 11.4. The van der Waals surface area contributed by atoms with Crippen molar-refractivity contribution in [3.05, 3.63) is 88.0 Å². The zero-order chi connectivity index (χ0) is 36.1. The molecule has 260 valence electrons. The van der Waals surface area contributed by atoms with Gasteiger partial charge in [0, 0.05) is 16.2 Å². The highest BCUT2D eigenvalue weighted by molar-refractivity contribution is 7.73. The molecule has 0 aliphatic heterocycles. The van der Waals surface area contributed by atoms with Crippen LogP contribution in [0.15, 0.2) is 54.6 Å². The molecule has 0 saturated carbocycles. The molecule has 3 rings (SSSR count). The predicted octanol–water partition coefficient (Wildman–Crippen LogP) is 12.1. The van der Waals surface area contributed by atoms with Crippen molar-refractivity contribution >= 4 is 27.4 Å². The van der Waals surface area contributed by atoms with Gasteiger partial charge in [-0.3, -0.25) is 4.31 Å². The van der Waals surface area contributed by atoms with Gasteiger partial charge in [-0.15, -0.1) is 0 Å². The van der Waals surface area contributed by atoms with E-state index in [0.717, 1.165) is 16.2 Å². The first-order valence-corrected chi connectivity index (χ1v) is 19.5. The molecular formula is C42H64O3P2. The second kappa shape index (κ2) is 13.5. The number of hydrogen-bond donors (Lipinski definition) is 1. The number of benzene rings is 3. The molecule has 3 aromatic carbocycles. The minimum atomic E-state index is -2.27. The van der Waals surface area contributed by atoms with Crippen LogP contribution >= 0.6 is 16.8 Å². The Balaban J connectivity index is 2.28. The minimum absolute atomic E-state index is 0.00154. The van der Waals surface area contributed by atoms with Crippen molar-refractivity contribution in [2.75, 3.05) is 0 Å². The van der Waals surface area contributed by atoms with Gasteiger partial charge in [0.1, 0.15) is 13.9 Å². The summed E-state index contributed by atoms with van der Waals surface area (Å²) in [6, 6.07) is 20.1. The molecule has 5 heteroatoms. The Bertz CT molecular complexity index is 1470. The van der Waals surface area contributed by atoms with E-state index in [4.69, 9.17) is 8.83 Å². The van der Waals surface area contributed by atoms with Gasteiger partial charge in [0.25, 0.3) is 0 Å². The maximum absolute atomic E-state index is 11.8. The molecular weight excluding hydrogens is 614 g/mol. The Morgan fingerprint density at radius 3 is 1.06 bits per heavy atom. The van der Waals surface area contributed by atoms with Crippen LogP contribution in [0.2, 0.25) is 0 Å². The van der Waals surface area contributed by atoms with Crippen molar-refractivity contribution < 1.29 is 13.7 Å². The van der Waals surface area contributed by atoms with E-state index in [1.807, 2.05) is 6.07 Å². The van der Waals surface area contributed by atoms with Crippen molar-refractivity contribution in [2.45, 2.75) is 157 Å². The fourth-order valence-corrected chi connectivity index (χ4v) is 9.25. The normalized spacial score (nSPS) is 14.5. The van der Waals surface area contributed by atoms with Crippen molar-refractivity contribution in [1.82, 2.24) is 0 Å². The molecule has 0 aliphatic carbocycles. The van der Waals surface area contributed by atoms with E-state index in [9.17, 15) is 4.89 Å². The Labute approximate surface area is 291 Å². The van der Waals surface area contributed by atoms with Gasteiger partial charge in [0.2, 0.25) is 0 Å². The van der Waals surface area contributed by atoms with Crippen LogP contribution in [0.25, 0.3) is 0 Å². The van der Waals surface area contributed by atoms with Crippen LogP contribution in [-0.4, -0.2) is 4.89 Å². The lowest BCUT2D eigenvalue weighted by Gasteiger charge is -2.34. The summed E-state index contributed by atoms with van der Waals surface area (Å²) in [5.41, 5.74) is 6.90. The maximum Gasteiger partial charge on any atom is 0.398 e. The first-order chi connectivity index (χ1) is 21.0. The Hall–Kier alpha value is -1.76. The smallest absolute Gasteiger partial charge is 0.398 e. The summed E-state index contributed by atoms with van der Waals surface area (Å²) in [5, 5.41) is 2.25. The van der Waals surface area contributed by atoms with E-state index in [1.54, 1.807) is 0 Å². The zero-order valence-electron chi connectivity index (χ0n) is 32.9. The van der Waals surface area contributed by atoms with Crippen molar-refractivity contribution in [3.63, 3.8) is 0 Å². The summed E-state index contributed by atoms with van der Waals surface area (Å²) < 4.78 is 13.3. The predicted molar refractivity (Wildman–Crippen MR) is 209 cm³/mol. The summed E-state index contributed by atoms with van der Waals surface area (Å²) >= 11 is 0. The Morgan fingerprint density at radius 1 is 0.426 bits per heavy atom. The van der Waals surface area contributed by atoms with Gasteiger partial charge >= 0.3 is 8.60 Å². The zero-order valence-corrected chi connectivity index (χ0v) is 34.6. The van der Waals surface area contributed by atoms with Crippen LogP contribution in [0.4, 0.5) is 0 Å². The molecule has 0 amide bonds. The molecule has 47 heavy (non-hydrogen) atoms.